The molecule has 0 aliphatic carbocycles. The molecule has 1 rings (SSSR count). The summed E-state index contributed by atoms with van der Waals surface area (Å²) in [6, 6.07) is 2.16. The standard InChI is InChI=1S/C10H14Cl2N2O3S2/c1-6(5-18(2)15)14-19(16,17)8-4-3-7(11)10(13)9(8)12/h3-4,6,14H,5,13H2,1-2H3. The Labute approximate surface area is 125 Å². The lowest BCUT2D eigenvalue weighted by Gasteiger charge is -2.14. The van der Waals surface area contributed by atoms with Crippen molar-refractivity contribution in [1.29, 1.82) is 0 Å². The Kier molecular flexibility index (Phi) is 5.64. The molecule has 0 radical (unpaired) electrons. The lowest BCUT2D eigenvalue weighted by Crippen LogP contribution is -2.36. The first-order chi connectivity index (χ1) is 8.65. The summed E-state index contributed by atoms with van der Waals surface area (Å²) in [5, 5.41) is 0.0662. The normalized spacial score (nSPS) is 15.2. The van der Waals surface area contributed by atoms with Crippen LogP contribution in [0.5, 0.6) is 0 Å². The summed E-state index contributed by atoms with van der Waals surface area (Å²) in [5.74, 6) is 0.208. The molecule has 0 amide bonds. The summed E-state index contributed by atoms with van der Waals surface area (Å²) >= 11 is 11.6. The summed E-state index contributed by atoms with van der Waals surface area (Å²) in [7, 11) is -4.94. The number of nitrogens with one attached hydrogen (secondary N) is 1. The van der Waals surface area contributed by atoms with Crippen molar-refractivity contribution in [1.82, 2.24) is 4.72 Å². The molecule has 0 saturated carbocycles. The van der Waals surface area contributed by atoms with E-state index in [0.29, 0.717) is 0 Å². The van der Waals surface area contributed by atoms with Gasteiger partial charge in [0.2, 0.25) is 10.0 Å². The summed E-state index contributed by atoms with van der Waals surface area (Å²) in [6.45, 7) is 1.62. The average molecular weight is 345 g/mol. The zero-order valence-corrected chi connectivity index (χ0v) is 13.5. The highest BCUT2D eigenvalue weighted by atomic mass is 35.5. The van der Waals surface area contributed by atoms with Crippen LogP contribution in [0.1, 0.15) is 6.92 Å². The minimum absolute atomic E-state index is 0.0120. The number of anilines is 1. The monoisotopic (exact) mass is 344 g/mol. The highest BCUT2D eigenvalue weighted by molar-refractivity contribution is 7.89. The van der Waals surface area contributed by atoms with Crippen LogP contribution < -0.4 is 10.5 Å². The maximum atomic E-state index is 12.1. The highest BCUT2D eigenvalue weighted by Crippen LogP contribution is 2.33. The second kappa shape index (κ2) is 6.41. The summed E-state index contributed by atoms with van der Waals surface area (Å²) < 4.78 is 37.7. The molecule has 9 heteroatoms. The predicted octanol–water partition coefficient (Wildman–Crippen LogP) is 1.62. The van der Waals surface area contributed by atoms with Crippen LogP contribution in [0.2, 0.25) is 10.0 Å². The van der Waals surface area contributed by atoms with Gasteiger partial charge in [-0.1, -0.05) is 23.2 Å². The van der Waals surface area contributed by atoms with Crippen molar-refractivity contribution >= 4 is 49.7 Å². The topological polar surface area (TPSA) is 89.3 Å². The Bertz CT molecular complexity index is 605. The molecule has 0 heterocycles. The van der Waals surface area contributed by atoms with Crippen LogP contribution in [0.4, 0.5) is 5.69 Å². The molecule has 0 saturated heterocycles. The van der Waals surface area contributed by atoms with Gasteiger partial charge < -0.3 is 5.73 Å². The Balaban J connectivity index is 3.08. The van der Waals surface area contributed by atoms with E-state index in [-0.39, 0.29) is 26.4 Å². The number of nitrogen functional groups attached to an aromatic ring is 1. The number of rotatable bonds is 5. The van der Waals surface area contributed by atoms with Crippen LogP contribution in [0, 0.1) is 0 Å². The van der Waals surface area contributed by atoms with E-state index in [1.807, 2.05) is 0 Å². The van der Waals surface area contributed by atoms with E-state index in [2.05, 4.69) is 4.72 Å². The smallest absolute Gasteiger partial charge is 0.242 e. The molecule has 19 heavy (non-hydrogen) atoms. The van der Waals surface area contributed by atoms with Crippen molar-refractivity contribution in [3.63, 3.8) is 0 Å². The van der Waals surface area contributed by atoms with Crippen LogP contribution in [0.3, 0.4) is 0 Å². The van der Waals surface area contributed by atoms with Gasteiger partial charge >= 0.3 is 0 Å². The second-order valence-electron chi connectivity index (χ2n) is 4.04. The molecule has 5 nitrogen and oxygen atoms in total. The Morgan fingerprint density at radius 2 is 2.00 bits per heavy atom. The summed E-state index contributed by atoms with van der Waals surface area (Å²) in [6.07, 6.45) is 1.50. The van der Waals surface area contributed by atoms with Crippen LogP contribution in [0.25, 0.3) is 0 Å². The molecule has 0 aliphatic heterocycles. The Morgan fingerprint density at radius 1 is 1.42 bits per heavy atom. The van der Waals surface area contributed by atoms with Gasteiger partial charge in [-0.2, -0.15) is 0 Å². The fourth-order valence-electron chi connectivity index (χ4n) is 1.47. The molecule has 2 unspecified atom stereocenters. The van der Waals surface area contributed by atoms with E-state index in [1.54, 1.807) is 6.92 Å². The highest BCUT2D eigenvalue weighted by Gasteiger charge is 2.23. The third-order valence-corrected chi connectivity index (χ3v) is 5.67. The van der Waals surface area contributed by atoms with E-state index >= 15 is 0 Å². The van der Waals surface area contributed by atoms with Crippen LogP contribution in [0.15, 0.2) is 17.0 Å². The van der Waals surface area contributed by atoms with Gasteiger partial charge in [0, 0.05) is 28.9 Å². The quantitative estimate of drug-likeness (QED) is 0.794. The Morgan fingerprint density at radius 3 is 2.53 bits per heavy atom. The number of benzene rings is 1. The number of hydrogen-bond acceptors (Lipinski definition) is 4. The number of nitrogens with two attached hydrogens (primary N) is 1. The van der Waals surface area contributed by atoms with Gasteiger partial charge in [0.05, 0.1) is 15.7 Å². The molecule has 0 aromatic heterocycles. The third kappa shape index (κ3) is 4.32. The van der Waals surface area contributed by atoms with Crippen LogP contribution >= 0.6 is 23.2 Å². The lowest BCUT2D eigenvalue weighted by atomic mass is 10.3. The van der Waals surface area contributed by atoms with E-state index in [1.165, 1.54) is 18.4 Å². The largest absolute Gasteiger partial charge is 0.396 e. The van der Waals surface area contributed by atoms with Crippen molar-refractivity contribution in [2.24, 2.45) is 0 Å². The molecule has 0 bridgehead atoms. The molecule has 108 valence electrons. The maximum Gasteiger partial charge on any atom is 0.242 e. The van der Waals surface area contributed by atoms with Gasteiger partial charge in [0.25, 0.3) is 0 Å². The number of sulfonamides is 1. The molecule has 1 aromatic rings. The van der Waals surface area contributed by atoms with Gasteiger partial charge in [0.1, 0.15) is 4.90 Å². The zero-order chi connectivity index (χ0) is 14.8. The molecule has 3 N–H and O–H groups in total. The number of hydrogen-bond donors (Lipinski definition) is 2. The number of halogens is 2. The molecular weight excluding hydrogens is 331 g/mol. The molecule has 1 aromatic carbocycles. The minimum Gasteiger partial charge on any atom is -0.396 e. The second-order valence-corrected chi connectivity index (χ2v) is 7.98. The van der Waals surface area contributed by atoms with Crippen LogP contribution in [-0.4, -0.2) is 30.7 Å². The molecule has 0 spiro atoms. The van der Waals surface area contributed by atoms with E-state index in [9.17, 15) is 12.6 Å². The van der Waals surface area contributed by atoms with Crippen molar-refractivity contribution in [2.75, 3.05) is 17.7 Å². The van der Waals surface area contributed by atoms with E-state index in [0.717, 1.165) is 0 Å². The Hall–Kier alpha value is -0.340. The zero-order valence-electron chi connectivity index (χ0n) is 10.3. The first-order valence-corrected chi connectivity index (χ1v) is 9.17. The first kappa shape index (κ1) is 16.7. The fourth-order valence-corrected chi connectivity index (χ4v) is 4.37. The van der Waals surface area contributed by atoms with Crippen LogP contribution in [-0.2, 0) is 20.8 Å². The van der Waals surface area contributed by atoms with Gasteiger partial charge in [-0.15, -0.1) is 0 Å². The third-order valence-electron chi connectivity index (χ3n) is 2.22. The van der Waals surface area contributed by atoms with Gasteiger partial charge in [-0.05, 0) is 19.1 Å². The minimum atomic E-state index is -3.83. The molecule has 0 fully saturated rings. The SMILES string of the molecule is CC(CS(C)=O)NS(=O)(=O)c1ccc(Cl)c(N)c1Cl. The first-order valence-electron chi connectivity index (χ1n) is 5.21. The molecule has 0 aliphatic rings. The van der Waals surface area contributed by atoms with Crippen molar-refractivity contribution in [2.45, 2.75) is 17.9 Å². The summed E-state index contributed by atoms with van der Waals surface area (Å²) in [4.78, 5) is -0.148. The summed E-state index contributed by atoms with van der Waals surface area (Å²) in [5.41, 5.74) is 5.60. The van der Waals surface area contributed by atoms with E-state index < -0.39 is 26.9 Å². The van der Waals surface area contributed by atoms with Gasteiger partial charge in [-0.25, -0.2) is 13.1 Å². The molecular formula is C10H14Cl2N2O3S2. The lowest BCUT2D eigenvalue weighted by molar-refractivity contribution is 0.570. The van der Waals surface area contributed by atoms with Crippen molar-refractivity contribution in [3.05, 3.63) is 22.2 Å². The van der Waals surface area contributed by atoms with Crippen molar-refractivity contribution < 1.29 is 12.6 Å². The van der Waals surface area contributed by atoms with Crippen molar-refractivity contribution in [3.8, 4) is 0 Å². The van der Waals surface area contributed by atoms with Gasteiger partial charge in [-0.3, -0.25) is 4.21 Å². The maximum absolute atomic E-state index is 12.1. The predicted molar refractivity (Wildman–Crippen MR) is 79.6 cm³/mol. The van der Waals surface area contributed by atoms with Gasteiger partial charge in [0.15, 0.2) is 0 Å². The fraction of sp³-hybridized carbons (Fsp3) is 0.400. The molecule has 2 atom stereocenters. The van der Waals surface area contributed by atoms with E-state index in [4.69, 9.17) is 28.9 Å². The average Bonchev–Trinajstić information content (AvgIpc) is 2.23.